The lowest BCUT2D eigenvalue weighted by Crippen LogP contribution is -2.41. The van der Waals surface area contributed by atoms with Crippen LogP contribution >= 0.6 is 0 Å². The number of sulfonamides is 1. The molecule has 2 aromatic carbocycles. The van der Waals surface area contributed by atoms with Crippen LogP contribution in [0.4, 0.5) is 5.69 Å². The first kappa shape index (κ1) is 22.9. The Morgan fingerprint density at radius 1 is 0.966 bits per heavy atom. The number of carbonyl (C=O) groups is 1. The number of anilines is 1. The zero-order chi connectivity index (χ0) is 21.9. The van der Waals surface area contributed by atoms with E-state index in [0.29, 0.717) is 5.69 Å². The molecule has 2 aromatic rings. The summed E-state index contributed by atoms with van der Waals surface area (Å²) in [6.07, 6.45) is 1.13. The van der Waals surface area contributed by atoms with E-state index >= 15 is 0 Å². The Bertz CT molecular complexity index is 997. The normalized spacial score (nSPS) is 12.7. The molecule has 29 heavy (non-hydrogen) atoms. The van der Waals surface area contributed by atoms with Crippen LogP contribution < -0.4 is 9.62 Å². The van der Waals surface area contributed by atoms with Crippen LogP contribution in [0.5, 0.6) is 0 Å². The summed E-state index contributed by atoms with van der Waals surface area (Å²) in [6, 6.07) is 11.3. The summed E-state index contributed by atoms with van der Waals surface area (Å²) in [6.45, 7) is 11.8. The molecule has 0 heterocycles. The maximum absolute atomic E-state index is 12.8. The van der Waals surface area contributed by atoms with Gasteiger partial charge in [0.15, 0.2) is 0 Å². The number of benzene rings is 2. The molecule has 1 amide bonds. The van der Waals surface area contributed by atoms with Crippen molar-refractivity contribution in [3.05, 3.63) is 64.2 Å². The van der Waals surface area contributed by atoms with Gasteiger partial charge in [-0.1, -0.05) is 44.2 Å². The highest BCUT2D eigenvalue weighted by molar-refractivity contribution is 7.92. The lowest BCUT2D eigenvalue weighted by atomic mass is 9.96. The highest BCUT2D eigenvalue weighted by Crippen LogP contribution is 2.29. The first-order valence-electron chi connectivity index (χ1n) is 9.85. The van der Waals surface area contributed by atoms with Crippen LogP contribution in [-0.4, -0.2) is 27.1 Å². The molecule has 0 saturated heterocycles. The molecule has 158 valence electrons. The topological polar surface area (TPSA) is 66.5 Å². The number of hydrogen-bond acceptors (Lipinski definition) is 3. The monoisotopic (exact) mass is 416 g/mol. The molecule has 2 rings (SSSR count). The maximum atomic E-state index is 12.8. The molecule has 1 atom stereocenters. The molecule has 0 unspecified atom stereocenters. The van der Waals surface area contributed by atoms with Crippen molar-refractivity contribution in [1.82, 2.24) is 5.32 Å². The summed E-state index contributed by atoms with van der Waals surface area (Å²) in [7, 11) is -3.62. The molecule has 0 fully saturated rings. The third-order valence-corrected chi connectivity index (χ3v) is 6.37. The molecule has 1 N–H and O–H groups in total. The van der Waals surface area contributed by atoms with Gasteiger partial charge < -0.3 is 5.32 Å². The van der Waals surface area contributed by atoms with E-state index in [9.17, 15) is 13.2 Å². The summed E-state index contributed by atoms with van der Waals surface area (Å²) in [5.74, 6) is -0.199. The minimum Gasteiger partial charge on any atom is -0.348 e. The predicted molar refractivity (Wildman–Crippen MR) is 120 cm³/mol. The van der Waals surface area contributed by atoms with Crippen LogP contribution in [0.2, 0.25) is 0 Å². The van der Waals surface area contributed by atoms with Crippen molar-refractivity contribution in [1.29, 1.82) is 0 Å². The van der Waals surface area contributed by atoms with Crippen LogP contribution in [0.15, 0.2) is 36.4 Å². The van der Waals surface area contributed by atoms with E-state index in [1.807, 2.05) is 46.8 Å². The maximum Gasteiger partial charge on any atom is 0.241 e. The van der Waals surface area contributed by atoms with Gasteiger partial charge >= 0.3 is 0 Å². The van der Waals surface area contributed by atoms with Crippen molar-refractivity contribution in [3.8, 4) is 0 Å². The molecule has 0 spiro atoms. The number of aryl methyl sites for hydroxylation is 3. The highest BCUT2D eigenvalue weighted by atomic mass is 32.2. The number of carbonyl (C=O) groups excluding carboxylic acids is 1. The fraction of sp³-hybridized carbons (Fsp3) is 0.435. The van der Waals surface area contributed by atoms with Gasteiger partial charge in [-0.05, 0) is 67.5 Å². The summed E-state index contributed by atoms with van der Waals surface area (Å²) < 4.78 is 26.2. The molecular weight excluding hydrogens is 384 g/mol. The van der Waals surface area contributed by atoms with Gasteiger partial charge in [0.2, 0.25) is 15.9 Å². The highest BCUT2D eigenvalue weighted by Gasteiger charge is 2.25. The Kier molecular flexibility index (Phi) is 7.11. The molecule has 0 bridgehead atoms. The largest absolute Gasteiger partial charge is 0.348 e. The molecule has 6 heteroatoms. The van der Waals surface area contributed by atoms with Crippen molar-refractivity contribution in [2.45, 2.75) is 53.5 Å². The minimum absolute atomic E-state index is 0.135. The third kappa shape index (κ3) is 5.60. The Balaban J connectivity index is 2.28. The van der Waals surface area contributed by atoms with Crippen molar-refractivity contribution in [3.63, 3.8) is 0 Å². The molecule has 0 aliphatic carbocycles. The van der Waals surface area contributed by atoms with E-state index in [1.54, 1.807) is 12.1 Å². The van der Waals surface area contributed by atoms with Crippen molar-refractivity contribution in [2.75, 3.05) is 17.1 Å². The van der Waals surface area contributed by atoms with Gasteiger partial charge in [-0.15, -0.1) is 0 Å². The number of nitrogens with one attached hydrogen (secondary N) is 1. The number of nitrogens with zero attached hydrogens (tertiary/aromatic N) is 1. The van der Waals surface area contributed by atoms with E-state index in [0.717, 1.165) is 28.5 Å². The number of amides is 1. The fourth-order valence-corrected chi connectivity index (χ4v) is 4.40. The van der Waals surface area contributed by atoms with E-state index in [-0.39, 0.29) is 24.4 Å². The van der Waals surface area contributed by atoms with E-state index in [4.69, 9.17) is 0 Å². The second-order valence-electron chi connectivity index (χ2n) is 8.07. The average Bonchev–Trinajstić information content (AvgIpc) is 2.61. The standard InChI is InChI=1S/C23H32N2O3S/c1-15(2)20-10-8-9-11-22(20)25(29(7,27)28)14-23(26)24-19(6)21-13-17(4)16(3)12-18(21)5/h8-13,15,19H,14H2,1-7H3,(H,24,26)/t19-/m0/s1. The minimum atomic E-state index is -3.62. The zero-order valence-electron chi connectivity index (χ0n) is 18.4. The zero-order valence-corrected chi connectivity index (χ0v) is 19.2. The van der Waals surface area contributed by atoms with E-state index < -0.39 is 10.0 Å². The van der Waals surface area contributed by atoms with Crippen molar-refractivity contribution >= 4 is 21.6 Å². The average molecular weight is 417 g/mol. The van der Waals surface area contributed by atoms with Crippen molar-refractivity contribution in [2.24, 2.45) is 0 Å². The third-order valence-electron chi connectivity index (χ3n) is 5.24. The summed E-state index contributed by atoms with van der Waals surface area (Å²) in [5.41, 5.74) is 5.95. The van der Waals surface area contributed by atoms with Gasteiger partial charge in [0.1, 0.15) is 6.54 Å². The number of rotatable bonds is 7. The molecule has 0 aliphatic rings. The lowest BCUT2D eigenvalue weighted by molar-refractivity contribution is -0.120. The van der Waals surface area contributed by atoms with Crippen LogP contribution in [-0.2, 0) is 14.8 Å². The van der Waals surface area contributed by atoms with E-state index in [2.05, 4.69) is 24.4 Å². The summed E-state index contributed by atoms with van der Waals surface area (Å²) in [5, 5.41) is 2.96. The van der Waals surface area contributed by atoms with Gasteiger partial charge in [0.25, 0.3) is 0 Å². The fourth-order valence-electron chi connectivity index (χ4n) is 3.53. The lowest BCUT2D eigenvalue weighted by Gasteiger charge is -2.26. The summed E-state index contributed by atoms with van der Waals surface area (Å²) in [4.78, 5) is 12.8. The van der Waals surface area contributed by atoms with E-state index in [1.165, 1.54) is 9.87 Å². The van der Waals surface area contributed by atoms with Crippen LogP contribution in [0.1, 0.15) is 60.5 Å². The number of hydrogen-bond donors (Lipinski definition) is 1. The molecule has 0 radical (unpaired) electrons. The summed E-state index contributed by atoms with van der Waals surface area (Å²) >= 11 is 0. The number of para-hydroxylation sites is 1. The first-order valence-corrected chi connectivity index (χ1v) is 11.7. The molecule has 0 saturated carbocycles. The second kappa shape index (κ2) is 8.99. The molecular formula is C23H32N2O3S. The SMILES string of the molecule is Cc1cc(C)c([C@H](C)NC(=O)CN(c2ccccc2C(C)C)S(C)(=O)=O)cc1C. The van der Waals surface area contributed by atoms with Gasteiger partial charge in [-0.3, -0.25) is 9.10 Å². The van der Waals surface area contributed by atoms with Gasteiger partial charge in [0, 0.05) is 0 Å². The van der Waals surface area contributed by atoms with Crippen LogP contribution in [0.3, 0.4) is 0 Å². The smallest absolute Gasteiger partial charge is 0.241 e. The Morgan fingerprint density at radius 2 is 1.55 bits per heavy atom. The Hall–Kier alpha value is -2.34. The molecule has 0 aromatic heterocycles. The van der Waals surface area contributed by atoms with Crippen molar-refractivity contribution < 1.29 is 13.2 Å². The molecule has 5 nitrogen and oxygen atoms in total. The van der Waals surface area contributed by atoms with Crippen LogP contribution in [0.25, 0.3) is 0 Å². The second-order valence-corrected chi connectivity index (χ2v) is 9.97. The van der Waals surface area contributed by atoms with Gasteiger partial charge in [-0.2, -0.15) is 0 Å². The van der Waals surface area contributed by atoms with Gasteiger partial charge in [-0.25, -0.2) is 8.42 Å². The van der Waals surface area contributed by atoms with Gasteiger partial charge in [0.05, 0.1) is 18.0 Å². The molecule has 0 aliphatic heterocycles. The Labute approximate surface area is 175 Å². The van der Waals surface area contributed by atoms with Crippen LogP contribution in [0, 0.1) is 20.8 Å². The predicted octanol–water partition coefficient (Wildman–Crippen LogP) is 4.38. The quantitative estimate of drug-likeness (QED) is 0.728. The Morgan fingerprint density at radius 3 is 2.14 bits per heavy atom. The first-order chi connectivity index (χ1) is 13.4.